The van der Waals surface area contributed by atoms with Crippen LogP contribution in [0, 0.1) is 5.82 Å². The van der Waals surface area contributed by atoms with Crippen LogP contribution in [0.4, 0.5) is 10.2 Å². The predicted molar refractivity (Wildman–Crippen MR) is 98.2 cm³/mol. The number of hydrogen-bond donors (Lipinski definition) is 0. The van der Waals surface area contributed by atoms with E-state index in [-0.39, 0.29) is 22.8 Å². The monoisotopic (exact) mass is 382 g/mol. The first-order valence-corrected chi connectivity index (χ1v) is 10.0. The zero-order valence-electron chi connectivity index (χ0n) is 14.3. The van der Waals surface area contributed by atoms with Crippen LogP contribution in [-0.2, 0) is 11.2 Å². The number of rotatable bonds is 2. The molecular formula is C17H20ClFN4OS. The molecule has 0 saturated carbocycles. The molecule has 2 unspecified atom stereocenters. The molecule has 0 amide bonds. The fourth-order valence-electron chi connectivity index (χ4n) is 3.70. The maximum absolute atomic E-state index is 14.7. The molecule has 4 heterocycles. The van der Waals surface area contributed by atoms with E-state index in [2.05, 4.69) is 21.8 Å². The van der Waals surface area contributed by atoms with Gasteiger partial charge in [-0.25, -0.2) is 19.3 Å². The minimum Gasteiger partial charge on any atom is -0.379 e. The van der Waals surface area contributed by atoms with Gasteiger partial charge in [-0.3, -0.25) is 0 Å². The van der Waals surface area contributed by atoms with Crippen LogP contribution in [0.25, 0.3) is 10.9 Å². The lowest BCUT2D eigenvalue weighted by molar-refractivity contribution is 0.131. The molecule has 0 bridgehead atoms. The number of halogens is 2. The van der Waals surface area contributed by atoms with Crippen molar-refractivity contribution in [1.82, 2.24) is 15.0 Å². The molecular weight excluding hydrogens is 363 g/mol. The number of aryl methyl sites for hydroxylation is 1. The number of hydrogen-bond acceptors (Lipinski definition) is 6. The van der Waals surface area contributed by atoms with E-state index < -0.39 is 5.82 Å². The predicted octanol–water partition coefficient (Wildman–Crippen LogP) is 3.86. The van der Waals surface area contributed by atoms with Gasteiger partial charge in [-0.2, -0.15) is 0 Å². The van der Waals surface area contributed by atoms with Crippen LogP contribution in [0.3, 0.4) is 0 Å². The van der Waals surface area contributed by atoms with E-state index in [0.717, 1.165) is 36.7 Å². The van der Waals surface area contributed by atoms with Crippen LogP contribution in [-0.4, -0.2) is 46.0 Å². The standard InChI is InChI=1S/C17H20ClFN4OS/c1-3-25-17-21-14-12-11(20-15(18)13(14)19)5-4-10-8-24-7-6-9(2)23(10)16(12)22-17/h9-10H,3-8H2,1-2H3. The summed E-state index contributed by atoms with van der Waals surface area (Å²) < 4.78 is 20.5. The number of anilines is 1. The zero-order chi connectivity index (χ0) is 17.6. The van der Waals surface area contributed by atoms with Crippen LogP contribution in [0.1, 0.15) is 32.4 Å². The van der Waals surface area contributed by atoms with Crippen LogP contribution in [0.5, 0.6) is 0 Å². The molecule has 8 heteroatoms. The number of thioether (sulfide) groups is 1. The lowest BCUT2D eigenvalue weighted by Gasteiger charge is -2.34. The third-order valence-electron chi connectivity index (χ3n) is 4.87. The summed E-state index contributed by atoms with van der Waals surface area (Å²) in [6.45, 7) is 5.59. The second-order valence-electron chi connectivity index (χ2n) is 6.46. The van der Waals surface area contributed by atoms with Gasteiger partial charge < -0.3 is 9.64 Å². The largest absolute Gasteiger partial charge is 0.379 e. The van der Waals surface area contributed by atoms with Gasteiger partial charge in [0.25, 0.3) is 0 Å². The molecule has 2 aliphatic heterocycles. The number of nitrogens with zero attached hydrogens (tertiary/aromatic N) is 4. The minimum atomic E-state index is -0.556. The average molecular weight is 383 g/mol. The summed E-state index contributed by atoms with van der Waals surface area (Å²) in [5, 5.41) is 1.18. The molecule has 0 N–H and O–H groups in total. The highest BCUT2D eigenvalue weighted by Crippen LogP contribution is 2.38. The Balaban J connectivity index is 2.01. The average Bonchev–Trinajstić information content (AvgIpc) is 2.86. The molecule has 5 nitrogen and oxygen atoms in total. The Morgan fingerprint density at radius 2 is 2.16 bits per heavy atom. The van der Waals surface area contributed by atoms with Crippen molar-refractivity contribution in [3.63, 3.8) is 0 Å². The van der Waals surface area contributed by atoms with Crippen molar-refractivity contribution >= 4 is 40.1 Å². The van der Waals surface area contributed by atoms with Gasteiger partial charge in [-0.05, 0) is 31.9 Å². The molecule has 0 spiro atoms. The number of aromatic nitrogens is 3. The highest BCUT2D eigenvalue weighted by Gasteiger charge is 2.34. The molecule has 2 aromatic rings. The summed E-state index contributed by atoms with van der Waals surface area (Å²) in [5.41, 5.74) is 1.07. The molecule has 0 radical (unpaired) electrons. The van der Waals surface area contributed by atoms with E-state index >= 15 is 0 Å². The summed E-state index contributed by atoms with van der Waals surface area (Å²) in [5.74, 6) is 1.04. The molecule has 134 valence electrons. The Kier molecular flexibility index (Phi) is 4.73. The summed E-state index contributed by atoms with van der Waals surface area (Å²) in [6.07, 6.45) is 2.50. The van der Waals surface area contributed by atoms with Gasteiger partial charge in [0.2, 0.25) is 0 Å². The number of ether oxygens (including phenoxy) is 1. The maximum Gasteiger partial charge on any atom is 0.190 e. The second-order valence-corrected chi connectivity index (χ2v) is 8.05. The van der Waals surface area contributed by atoms with E-state index in [1.54, 1.807) is 0 Å². The minimum absolute atomic E-state index is 0.110. The molecule has 2 atom stereocenters. The van der Waals surface area contributed by atoms with E-state index in [4.69, 9.17) is 21.3 Å². The van der Waals surface area contributed by atoms with E-state index in [1.807, 2.05) is 6.92 Å². The topological polar surface area (TPSA) is 51.1 Å². The highest BCUT2D eigenvalue weighted by molar-refractivity contribution is 7.99. The van der Waals surface area contributed by atoms with Crippen molar-refractivity contribution in [2.75, 3.05) is 23.9 Å². The first kappa shape index (κ1) is 17.2. The third-order valence-corrected chi connectivity index (χ3v) is 5.85. The fraction of sp³-hybridized carbons (Fsp3) is 0.588. The first-order chi connectivity index (χ1) is 12.1. The van der Waals surface area contributed by atoms with Crippen molar-refractivity contribution in [3.8, 4) is 0 Å². The van der Waals surface area contributed by atoms with E-state index in [0.29, 0.717) is 23.6 Å². The Hall–Kier alpha value is -1.18. The second kappa shape index (κ2) is 6.85. The number of fused-ring (bicyclic) bond motifs is 2. The van der Waals surface area contributed by atoms with Crippen LogP contribution >= 0.6 is 23.4 Å². The summed E-state index contributed by atoms with van der Waals surface area (Å²) in [6, 6.07) is 0.459. The third kappa shape index (κ3) is 2.96. The van der Waals surface area contributed by atoms with Crippen molar-refractivity contribution in [2.45, 2.75) is 50.4 Å². The van der Waals surface area contributed by atoms with Gasteiger partial charge in [0.1, 0.15) is 11.3 Å². The summed E-state index contributed by atoms with van der Waals surface area (Å²) in [7, 11) is 0. The molecule has 2 aromatic heterocycles. The van der Waals surface area contributed by atoms with Gasteiger partial charge in [-0.15, -0.1) is 0 Å². The first-order valence-electron chi connectivity index (χ1n) is 8.64. The van der Waals surface area contributed by atoms with Crippen LogP contribution in [0.15, 0.2) is 5.16 Å². The fourth-order valence-corrected chi connectivity index (χ4v) is 4.45. The lowest BCUT2D eigenvalue weighted by atomic mass is 10.1. The van der Waals surface area contributed by atoms with E-state index in [9.17, 15) is 4.39 Å². The van der Waals surface area contributed by atoms with Gasteiger partial charge in [0.15, 0.2) is 16.1 Å². The quantitative estimate of drug-likeness (QED) is 0.446. The Labute approximate surface area is 155 Å². The highest BCUT2D eigenvalue weighted by atomic mass is 35.5. The molecule has 2 aliphatic rings. The molecule has 4 rings (SSSR count). The van der Waals surface area contributed by atoms with Crippen molar-refractivity contribution in [2.24, 2.45) is 0 Å². The van der Waals surface area contributed by atoms with Crippen molar-refractivity contribution in [3.05, 3.63) is 16.7 Å². The molecule has 0 aliphatic carbocycles. The molecule has 0 aromatic carbocycles. The summed E-state index contributed by atoms with van der Waals surface area (Å²) in [4.78, 5) is 15.9. The van der Waals surface area contributed by atoms with Crippen molar-refractivity contribution < 1.29 is 9.13 Å². The Bertz CT molecular complexity index is 821. The number of pyridine rings is 1. The maximum atomic E-state index is 14.7. The van der Waals surface area contributed by atoms with Crippen molar-refractivity contribution in [1.29, 1.82) is 0 Å². The van der Waals surface area contributed by atoms with E-state index in [1.165, 1.54) is 11.8 Å². The van der Waals surface area contributed by atoms with Gasteiger partial charge in [0.05, 0.1) is 23.7 Å². The zero-order valence-corrected chi connectivity index (χ0v) is 15.8. The normalized spacial score (nSPS) is 23.3. The SMILES string of the molecule is CCSc1nc2c3c(nc(Cl)c(F)c3n1)CCC1COCCC(C)N21. The van der Waals surface area contributed by atoms with Crippen LogP contribution < -0.4 is 4.90 Å². The van der Waals surface area contributed by atoms with Gasteiger partial charge >= 0.3 is 0 Å². The molecule has 1 saturated heterocycles. The summed E-state index contributed by atoms with van der Waals surface area (Å²) >= 11 is 7.55. The lowest BCUT2D eigenvalue weighted by Crippen LogP contribution is -2.43. The molecule has 25 heavy (non-hydrogen) atoms. The van der Waals surface area contributed by atoms with Gasteiger partial charge in [-0.1, -0.05) is 30.3 Å². The Morgan fingerprint density at radius 3 is 2.96 bits per heavy atom. The van der Waals surface area contributed by atoms with Gasteiger partial charge in [0, 0.05) is 12.6 Å². The van der Waals surface area contributed by atoms with Crippen LogP contribution in [0.2, 0.25) is 5.15 Å². The smallest absolute Gasteiger partial charge is 0.190 e. The molecule has 1 fully saturated rings. The Morgan fingerprint density at radius 1 is 1.32 bits per heavy atom.